The van der Waals surface area contributed by atoms with E-state index in [4.69, 9.17) is 11.6 Å². The number of benzene rings is 3. The first-order valence-electron chi connectivity index (χ1n) is 7.91. The van der Waals surface area contributed by atoms with Crippen LogP contribution < -0.4 is 4.72 Å². The average molecular weight is 376 g/mol. The van der Waals surface area contributed by atoms with Crippen molar-refractivity contribution in [1.29, 1.82) is 0 Å². The van der Waals surface area contributed by atoms with Crippen LogP contribution in [0.5, 0.6) is 0 Å². The van der Waals surface area contributed by atoms with Gasteiger partial charge in [0.2, 0.25) is 10.0 Å². The number of hydrogen-bond acceptors (Lipinski definition) is 2. The highest BCUT2D eigenvalue weighted by molar-refractivity contribution is 7.92. The van der Waals surface area contributed by atoms with Crippen LogP contribution in [0.4, 0.5) is 10.1 Å². The van der Waals surface area contributed by atoms with Crippen LogP contribution in [0, 0.1) is 5.82 Å². The van der Waals surface area contributed by atoms with Crippen LogP contribution in [-0.2, 0) is 28.6 Å². The van der Waals surface area contributed by atoms with Crippen LogP contribution in [0.3, 0.4) is 0 Å². The quantitative estimate of drug-likeness (QED) is 0.720. The summed E-state index contributed by atoms with van der Waals surface area (Å²) < 4.78 is 41.6. The minimum Gasteiger partial charge on any atom is -0.283 e. The van der Waals surface area contributed by atoms with Gasteiger partial charge in [-0.25, -0.2) is 12.8 Å². The smallest absolute Gasteiger partial charge is 0.237 e. The maximum absolute atomic E-state index is 13.9. The van der Waals surface area contributed by atoms with Gasteiger partial charge in [0.15, 0.2) is 0 Å². The van der Waals surface area contributed by atoms with Gasteiger partial charge in [-0.15, -0.1) is 0 Å². The summed E-state index contributed by atoms with van der Waals surface area (Å²) in [6, 6.07) is 13.8. The Kier molecular flexibility index (Phi) is 3.93. The van der Waals surface area contributed by atoms with Crippen LogP contribution in [0.15, 0.2) is 48.5 Å². The molecule has 3 aromatic rings. The minimum atomic E-state index is -3.80. The summed E-state index contributed by atoms with van der Waals surface area (Å²) >= 11 is 5.95. The molecule has 3 aromatic carbocycles. The molecule has 0 saturated carbocycles. The van der Waals surface area contributed by atoms with E-state index in [1.165, 1.54) is 29.3 Å². The van der Waals surface area contributed by atoms with E-state index in [-0.39, 0.29) is 10.6 Å². The van der Waals surface area contributed by atoms with Crippen LogP contribution in [0.1, 0.15) is 16.7 Å². The van der Waals surface area contributed by atoms with E-state index < -0.39 is 21.6 Å². The molecule has 1 N–H and O–H groups in total. The topological polar surface area (TPSA) is 46.2 Å². The Morgan fingerprint density at radius 2 is 1.72 bits per heavy atom. The molecule has 0 fully saturated rings. The Labute approximate surface area is 150 Å². The first kappa shape index (κ1) is 16.4. The maximum atomic E-state index is 13.9. The van der Waals surface area contributed by atoms with Crippen molar-refractivity contribution >= 4 is 38.1 Å². The van der Waals surface area contributed by atoms with Gasteiger partial charge in [-0.05, 0) is 47.6 Å². The predicted octanol–water partition coefficient (Wildman–Crippen LogP) is 4.67. The van der Waals surface area contributed by atoms with Gasteiger partial charge in [0, 0.05) is 16.0 Å². The predicted molar refractivity (Wildman–Crippen MR) is 99.0 cm³/mol. The zero-order valence-electron chi connectivity index (χ0n) is 13.2. The van der Waals surface area contributed by atoms with Gasteiger partial charge in [0.25, 0.3) is 0 Å². The van der Waals surface area contributed by atoms with Gasteiger partial charge in [-0.1, -0.05) is 41.9 Å². The molecule has 128 valence electrons. The van der Waals surface area contributed by atoms with Crippen LogP contribution >= 0.6 is 11.6 Å². The van der Waals surface area contributed by atoms with Crippen molar-refractivity contribution in [3.63, 3.8) is 0 Å². The Hall–Kier alpha value is -2.11. The van der Waals surface area contributed by atoms with Gasteiger partial charge in [0.1, 0.15) is 5.82 Å². The summed E-state index contributed by atoms with van der Waals surface area (Å²) in [4.78, 5) is 0. The lowest BCUT2D eigenvalue weighted by atomic mass is 10.0. The van der Waals surface area contributed by atoms with Crippen molar-refractivity contribution in [3.05, 3.63) is 76.1 Å². The average Bonchev–Trinajstić information content (AvgIpc) is 2.99. The minimum absolute atomic E-state index is 0.0254. The van der Waals surface area contributed by atoms with Crippen molar-refractivity contribution in [3.8, 4) is 0 Å². The SMILES string of the molecule is O=S(=O)(Cc1c(F)cccc1Cl)Nc1ccc2c3c(cccc13)CC2. The number of halogens is 2. The van der Waals surface area contributed by atoms with Gasteiger partial charge in [-0.3, -0.25) is 4.72 Å². The summed E-state index contributed by atoms with van der Waals surface area (Å²) in [6.45, 7) is 0. The molecule has 0 atom stereocenters. The maximum Gasteiger partial charge on any atom is 0.237 e. The third-order valence-electron chi connectivity index (χ3n) is 4.54. The fraction of sp³-hybridized carbons (Fsp3) is 0.158. The zero-order chi connectivity index (χ0) is 17.6. The summed E-state index contributed by atoms with van der Waals surface area (Å²) in [5.41, 5.74) is 2.94. The van der Waals surface area contributed by atoms with E-state index in [0.29, 0.717) is 5.69 Å². The molecule has 4 rings (SSSR count). The summed E-state index contributed by atoms with van der Waals surface area (Å²) in [5.74, 6) is -1.14. The van der Waals surface area contributed by atoms with Crippen molar-refractivity contribution in [2.24, 2.45) is 0 Å². The van der Waals surface area contributed by atoms with E-state index in [9.17, 15) is 12.8 Å². The third-order valence-corrected chi connectivity index (χ3v) is 6.09. The lowest BCUT2D eigenvalue weighted by Gasteiger charge is -2.13. The second-order valence-electron chi connectivity index (χ2n) is 6.17. The summed E-state index contributed by atoms with van der Waals surface area (Å²) in [7, 11) is -3.80. The van der Waals surface area contributed by atoms with Crippen LogP contribution in [0.2, 0.25) is 5.02 Å². The van der Waals surface area contributed by atoms with Gasteiger partial charge >= 0.3 is 0 Å². The Morgan fingerprint density at radius 3 is 2.48 bits per heavy atom. The molecule has 0 spiro atoms. The van der Waals surface area contributed by atoms with Crippen molar-refractivity contribution < 1.29 is 12.8 Å². The van der Waals surface area contributed by atoms with E-state index in [0.717, 1.165) is 23.6 Å². The summed E-state index contributed by atoms with van der Waals surface area (Å²) in [5, 5.41) is 2.09. The number of rotatable bonds is 4. The van der Waals surface area contributed by atoms with E-state index in [1.807, 2.05) is 18.2 Å². The normalized spacial score (nSPS) is 13.4. The monoisotopic (exact) mass is 375 g/mol. The fourth-order valence-electron chi connectivity index (χ4n) is 3.40. The molecule has 0 bridgehead atoms. The molecule has 25 heavy (non-hydrogen) atoms. The lowest BCUT2D eigenvalue weighted by Crippen LogP contribution is -2.16. The molecular weight excluding hydrogens is 361 g/mol. The van der Waals surface area contributed by atoms with Gasteiger partial charge in [-0.2, -0.15) is 0 Å². The number of aryl methyl sites for hydroxylation is 2. The van der Waals surface area contributed by atoms with Gasteiger partial charge < -0.3 is 0 Å². The number of sulfonamides is 1. The molecule has 0 amide bonds. The Balaban J connectivity index is 1.72. The third kappa shape index (κ3) is 2.98. The molecule has 0 radical (unpaired) electrons. The van der Waals surface area contributed by atoms with Crippen molar-refractivity contribution in [2.45, 2.75) is 18.6 Å². The molecule has 1 aliphatic carbocycles. The molecule has 6 heteroatoms. The highest BCUT2D eigenvalue weighted by Gasteiger charge is 2.21. The fourth-order valence-corrected chi connectivity index (χ4v) is 4.97. The first-order valence-corrected chi connectivity index (χ1v) is 9.94. The highest BCUT2D eigenvalue weighted by atomic mass is 35.5. The van der Waals surface area contributed by atoms with Crippen molar-refractivity contribution in [1.82, 2.24) is 0 Å². The molecule has 3 nitrogen and oxygen atoms in total. The highest BCUT2D eigenvalue weighted by Crippen LogP contribution is 2.35. The van der Waals surface area contributed by atoms with Crippen LogP contribution in [0.25, 0.3) is 10.8 Å². The second-order valence-corrected chi connectivity index (χ2v) is 8.30. The zero-order valence-corrected chi connectivity index (χ0v) is 14.8. The number of nitrogens with one attached hydrogen (secondary N) is 1. The van der Waals surface area contributed by atoms with E-state index >= 15 is 0 Å². The van der Waals surface area contributed by atoms with E-state index in [1.54, 1.807) is 6.07 Å². The summed E-state index contributed by atoms with van der Waals surface area (Å²) in [6.07, 6.45) is 1.93. The lowest BCUT2D eigenvalue weighted by molar-refractivity contribution is 0.591. The molecular formula is C19H15ClFNO2S. The Morgan fingerprint density at radius 1 is 1.00 bits per heavy atom. The standard InChI is InChI=1S/C19H15ClFNO2S/c20-16-5-2-6-17(21)15(16)11-25(23,24)22-18-10-9-13-8-7-12-3-1-4-14(18)19(12)13/h1-6,9-10,22H,7-8,11H2. The van der Waals surface area contributed by atoms with E-state index in [2.05, 4.69) is 10.8 Å². The molecule has 1 aliphatic rings. The number of anilines is 1. The molecule has 0 heterocycles. The molecule has 0 aromatic heterocycles. The second kappa shape index (κ2) is 6.00. The van der Waals surface area contributed by atoms with Crippen LogP contribution in [-0.4, -0.2) is 8.42 Å². The molecule has 0 unspecified atom stereocenters. The molecule has 0 aliphatic heterocycles. The Bertz CT molecular complexity index is 1070. The molecule has 0 saturated heterocycles. The van der Waals surface area contributed by atoms with Gasteiger partial charge in [0.05, 0.1) is 11.4 Å². The van der Waals surface area contributed by atoms with Crippen molar-refractivity contribution in [2.75, 3.05) is 4.72 Å². The number of hydrogen-bond donors (Lipinski definition) is 1. The largest absolute Gasteiger partial charge is 0.283 e. The first-order chi connectivity index (χ1) is 11.9.